The molecule has 2 heterocycles. The molecule has 1 atom stereocenters. The fourth-order valence-corrected chi connectivity index (χ4v) is 4.40. The molecule has 35 heavy (non-hydrogen) atoms. The third-order valence-corrected chi connectivity index (χ3v) is 6.06. The van der Waals surface area contributed by atoms with E-state index in [-0.39, 0.29) is 24.8 Å². The Labute approximate surface area is 222 Å². The number of benzene rings is 1. The lowest BCUT2D eigenvalue weighted by atomic mass is 10.1. The molecule has 1 N–H and O–H groups in total. The van der Waals surface area contributed by atoms with Gasteiger partial charge in [-0.2, -0.15) is 5.10 Å². The quantitative estimate of drug-likeness (QED) is 0.264. The zero-order chi connectivity index (χ0) is 25.0. The molecule has 0 spiro atoms. The zero-order valence-electron chi connectivity index (χ0n) is 20.8. The summed E-state index contributed by atoms with van der Waals surface area (Å²) < 4.78 is 20.2. The van der Waals surface area contributed by atoms with Gasteiger partial charge in [0.15, 0.2) is 0 Å². The highest BCUT2D eigenvalue weighted by molar-refractivity contribution is 14.1. The van der Waals surface area contributed by atoms with Gasteiger partial charge in [-0.05, 0) is 42.2 Å². The predicted molar refractivity (Wildman–Crippen MR) is 144 cm³/mol. The van der Waals surface area contributed by atoms with Crippen molar-refractivity contribution in [3.8, 4) is 17.0 Å². The Bertz CT molecular complexity index is 910. The fraction of sp³-hybridized carbons (Fsp3) is 0.615. The summed E-state index contributed by atoms with van der Waals surface area (Å²) in [5.41, 5.74) is 2.55. The number of halogens is 1. The number of ether oxygens (including phenoxy) is 3. The SMILES string of the molecule is CC(=O)OC(CN1CCOCC1)Cn1ccc(-c2ccc(CO)c(OC3CCCC3)c2)n1.CCI. The number of carbonyl (C=O) groups is 1. The Morgan fingerprint density at radius 1 is 1.23 bits per heavy atom. The number of nitrogens with zero attached hydrogens (tertiary/aromatic N) is 3. The molecule has 1 aliphatic carbocycles. The first-order valence-corrected chi connectivity index (χ1v) is 14.0. The summed E-state index contributed by atoms with van der Waals surface area (Å²) in [5, 5.41) is 14.4. The van der Waals surface area contributed by atoms with Crippen LogP contribution in [0.4, 0.5) is 0 Å². The number of morpholine rings is 1. The van der Waals surface area contributed by atoms with Gasteiger partial charge in [-0.15, -0.1) is 0 Å². The van der Waals surface area contributed by atoms with Crippen molar-refractivity contribution in [3.63, 3.8) is 0 Å². The van der Waals surface area contributed by atoms with Crippen molar-refractivity contribution in [1.82, 2.24) is 14.7 Å². The smallest absolute Gasteiger partial charge is 0.303 e. The molecule has 2 aromatic rings. The first-order valence-electron chi connectivity index (χ1n) is 12.5. The standard InChI is InChI=1S/C24H33N3O5.C2H5I/c1-18(29)31-22(15-26-10-12-30-13-11-26)16-27-9-8-23(25-27)19-6-7-20(17-28)24(14-19)32-21-4-2-3-5-21;1-2-3/h6-9,14,21-22,28H,2-5,10-13,15-17H2,1H3;2H2,1H3. The minimum absolute atomic E-state index is 0.0532. The molecule has 194 valence electrons. The number of aliphatic hydroxyl groups excluding tert-OH is 1. The summed E-state index contributed by atoms with van der Waals surface area (Å²) in [6, 6.07) is 7.77. The lowest BCUT2D eigenvalue weighted by molar-refractivity contribution is -0.148. The van der Waals surface area contributed by atoms with Crippen molar-refractivity contribution in [2.75, 3.05) is 37.3 Å². The van der Waals surface area contributed by atoms with Gasteiger partial charge < -0.3 is 19.3 Å². The Balaban J connectivity index is 0.00000108. The number of aliphatic hydroxyl groups is 1. The van der Waals surface area contributed by atoms with Gasteiger partial charge in [0.05, 0.1) is 38.2 Å². The molecule has 8 nitrogen and oxygen atoms in total. The van der Waals surface area contributed by atoms with Crippen molar-refractivity contribution in [3.05, 3.63) is 36.0 Å². The average molecular weight is 600 g/mol. The van der Waals surface area contributed by atoms with Crippen LogP contribution in [0, 0.1) is 0 Å². The number of hydrogen-bond acceptors (Lipinski definition) is 7. The van der Waals surface area contributed by atoms with Crippen LogP contribution >= 0.6 is 22.6 Å². The van der Waals surface area contributed by atoms with Crippen LogP contribution in [-0.2, 0) is 27.4 Å². The molecule has 1 unspecified atom stereocenters. The third-order valence-electron chi connectivity index (χ3n) is 6.06. The average Bonchev–Trinajstić information content (AvgIpc) is 3.52. The highest BCUT2D eigenvalue weighted by Gasteiger charge is 2.21. The minimum Gasteiger partial charge on any atom is -0.490 e. The Morgan fingerprint density at radius 3 is 2.60 bits per heavy atom. The molecule has 2 fully saturated rings. The van der Waals surface area contributed by atoms with Gasteiger partial charge in [0.2, 0.25) is 0 Å². The molecule has 1 saturated heterocycles. The molecule has 9 heteroatoms. The maximum atomic E-state index is 11.6. The normalized spacial score (nSPS) is 17.5. The lowest BCUT2D eigenvalue weighted by Gasteiger charge is -2.30. The van der Waals surface area contributed by atoms with Gasteiger partial charge in [-0.25, -0.2) is 0 Å². The Kier molecular flexibility index (Phi) is 11.8. The summed E-state index contributed by atoms with van der Waals surface area (Å²) in [6.07, 6.45) is 6.35. The van der Waals surface area contributed by atoms with Gasteiger partial charge in [0, 0.05) is 43.9 Å². The van der Waals surface area contributed by atoms with E-state index in [0.717, 1.165) is 48.5 Å². The topological polar surface area (TPSA) is 86.0 Å². The van der Waals surface area contributed by atoms with Crippen LogP contribution in [-0.4, -0.2) is 75.2 Å². The largest absolute Gasteiger partial charge is 0.490 e. The molecule has 1 aromatic heterocycles. The van der Waals surface area contributed by atoms with E-state index < -0.39 is 0 Å². The van der Waals surface area contributed by atoms with E-state index in [4.69, 9.17) is 19.3 Å². The summed E-state index contributed by atoms with van der Waals surface area (Å²) in [6.45, 7) is 7.71. The number of carbonyl (C=O) groups excluding carboxylic acids is 1. The van der Waals surface area contributed by atoms with Crippen LogP contribution in [0.5, 0.6) is 5.75 Å². The molecule has 1 aromatic carbocycles. The molecule has 2 aliphatic rings. The highest BCUT2D eigenvalue weighted by atomic mass is 127. The second-order valence-electron chi connectivity index (χ2n) is 8.84. The first-order chi connectivity index (χ1) is 17.0. The molecular weight excluding hydrogens is 561 g/mol. The van der Waals surface area contributed by atoms with Gasteiger partial charge in [-0.3, -0.25) is 14.4 Å². The molecule has 1 aliphatic heterocycles. The molecular formula is C26H38IN3O5. The van der Waals surface area contributed by atoms with Crippen LogP contribution in [0.2, 0.25) is 0 Å². The number of rotatable bonds is 9. The van der Waals surface area contributed by atoms with Gasteiger partial charge in [-0.1, -0.05) is 41.6 Å². The van der Waals surface area contributed by atoms with E-state index in [2.05, 4.69) is 34.4 Å². The first kappa shape index (κ1) is 27.9. The number of alkyl halides is 1. The lowest BCUT2D eigenvalue weighted by Crippen LogP contribution is -2.43. The fourth-order valence-electron chi connectivity index (χ4n) is 4.40. The van der Waals surface area contributed by atoms with Crippen molar-refractivity contribution in [2.24, 2.45) is 0 Å². The van der Waals surface area contributed by atoms with E-state index in [1.165, 1.54) is 24.2 Å². The zero-order valence-corrected chi connectivity index (χ0v) is 23.0. The van der Waals surface area contributed by atoms with Gasteiger partial charge >= 0.3 is 5.97 Å². The Morgan fingerprint density at radius 2 is 1.94 bits per heavy atom. The highest BCUT2D eigenvalue weighted by Crippen LogP contribution is 2.30. The Hall–Kier alpha value is -1.69. The number of hydrogen-bond donors (Lipinski definition) is 1. The second kappa shape index (κ2) is 14.8. The number of aromatic nitrogens is 2. The molecule has 4 rings (SSSR count). The van der Waals surface area contributed by atoms with Crippen molar-refractivity contribution in [1.29, 1.82) is 0 Å². The van der Waals surface area contributed by atoms with Gasteiger partial charge in [0.25, 0.3) is 0 Å². The van der Waals surface area contributed by atoms with E-state index in [9.17, 15) is 9.90 Å². The molecule has 0 radical (unpaired) electrons. The van der Waals surface area contributed by atoms with Crippen LogP contribution in [0.3, 0.4) is 0 Å². The minimum atomic E-state index is -0.288. The monoisotopic (exact) mass is 599 g/mol. The van der Waals surface area contributed by atoms with E-state index in [0.29, 0.717) is 26.3 Å². The van der Waals surface area contributed by atoms with Crippen molar-refractivity contribution < 1.29 is 24.1 Å². The van der Waals surface area contributed by atoms with Crippen LogP contribution < -0.4 is 4.74 Å². The second-order valence-corrected chi connectivity index (χ2v) is 10.4. The maximum Gasteiger partial charge on any atom is 0.303 e. The molecule has 1 saturated carbocycles. The van der Waals surface area contributed by atoms with Crippen LogP contribution in [0.15, 0.2) is 30.5 Å². The van der Waals surface area contributed by atoms with Gasteiger partial charge in [0.1, 0.15) is 11.9 Å². The maximum absolute atomic E-state index is 11.6. The van der Waals surface area contributed by atoms with E-state index in [1.807, 2.05) is 35.1 Å². The van der Waals surface area contributed by atoms with E-state index in [1.54, 1.807) is 0 Å². The molecule has 0 amide bonds. The third kappa shape index (κ3) is 9.04. The number of esters is 1. The van der Waals surface area contributed by atoms with Crippen LogP contribution in [0.1, 0.15) is 45.1 Å². The predicted octanol–water partition coefficient (Wildman–Crippen LogP) is 4.07. The summed E-state index contributed by atoms with van der Waals surface area (Å²) >= 11 is 2.29. The van der Waals surface area contributed by atoms with Crippen LogP contribution in [0.25, 0.3) is 11.3 Å². The summed E-state index contributed by atoms with van der Waals surface area (Å²) in [4.78, 5) is 13.9. The summed E-state index contributed by atoms with van der Waals surface area (Å²) in [7, 11) is 0. The summed E-state index contributed by atoms with van der Waals surface area (Å²) in [5.74, 6) is 0.445. The van der Waals surface area contributed by atoms with E-state index >= 15 is 0 Å². The van der Waals surface area contributed by atoms with Crippen molar-refractivity contribution >= 4 is 28.6 Å². The molecule has 0 bridgehead atoms. The van der Waals surface area contributed by atoms with Crippen molar-refractivity contribution in [2.45, 2.75) is 64.9 Å².